The molecule has 3 rings (SSSR count). The van der Waals surface area contributed by atoms with Gasteiger partial charge in [0.05, 0.1) is 21.2 Å². The quantitative estimate of drug-likeness (QED) is 0.287. The first kappa shape index (κ1) is 33.2. The van der Waals surface area contributed by atoms with E-state index in [1.807, 2.05) is 0 Å². The van der Waals surface area contributed by atoms with E-state index in [0.29, 0.717) is 21.0 Å². The van der Waals surface area contributed by atoms with Gasteiger partial charge >= 0.3 is 6.18 Å². The Morgan fingerprint density at radius 1 is 0.929 bits per heavy atom. The van der Waals surface area contributed by atoms with E-state index < -0.39 is 62.4 Å². The molecule has 0 aliphatic rings. The summed E-state index contributed by atoms with van der Waals surface area (Å²) in [6.45, 7) is 5.70. The average Bonchev–Trinajstić information content (AvgIpc) is 2.89. The van der Waals surface area contributed by atoms with E-state index in [2.05, 4.69) is 5.32 Å². The Hall–Kier alpha value is -3.28. The van der Waals surface area contributed by atoms with Crippen LogP contribution in [0.3, 0.4) is 0 Å². The zero-order valence-electron chi connectivity index (χ0n) is 23.2. The van der Waals surface area contributed by atoms with Crippen LogP contribution in [-0.4, -0.2) is 43.3 Å². The van der Waals surface area contributed by atoms with Gasteiger partial charge in [0, 0.05) is 17.1 Å². The number of halogens is 5. The lowest BCUT2D eigenvalue weighted by atomic mass is 10.1. The van der Waals surface area contributed by atoms with Gasteiger partial charge in [0.2, 0.25) is 11.8 Å². The minimum absolute atomic E-state index is 0.133. The number of carbonyl (C=O) groups excluding carboxylic acids is 2. The van der Waals surface area contributed by atoms with Crippen molar-refractivity contribution in [2.45, 2.75) is 56.9 Å². The maximum Gasteiger partial charge on any atom is 0.417 e. The lowest BCUT2D eigenvalue weighted by Crippen LogP contribution is -2.54. The van der Waals surface area contributed by atoms with Crippen molar-refractivity contribution in [1.29, 1.82) is 0 Å². The summed E-state index contributed by atoms with van der Waals surface area (Å²) in [5.41, 5.74) is -1.79. The first-order chi connectivity index (χ1) is 19.4. The zero-order valence-corrected chi connectivity index (χ0v) is 25.6. The van der Waals surface area contributed by atoms with Crippen molar-refractivity contribution in [1.82, 2.24) is 10.2 Å². The van der Waals surface area contributed by atoms with Crippen LogP contribution in [-0.2, 0) is 32.3 Å². The molecule has 0 radical (unpaired) electrons. The molecule has 13 heteroatoms. The van der Waals surface area contributed by atoms with Gasteiger partial charge in [-0.05, 0) is 75.7 Å². The molecule has 226 valence electrons. The Bertz CT molecular complexity index is 1550. The van der Waals surface area contributed by atoms with Gasteiger partial charge < -0.3 is 10.2 Å². The van der Waals surface area contributed by atoms with Gasteiger partial charge in [-0.25, -0.2) is 8.42 Å². The predicted octanol–water partition coefficient (Wildman–Crippen LogP) is 6.54. The van der Waals surface area contributed by atoms with Crippen LogP contribution in [0.1, 0.15) is 38.8 Å². The molecule has 0 heterocycles. The normalized spacial score (nSPS) is 12.9. The number of carbonyl (C=O) groups is 2. The van der Waals surface area contributed by atoms with Gasteiger partial charge in [-0.15, -0.1) is 0 Å². The van der Waals surface area contributed by atoms with E-state index in [-0.39, 0.29) is 11.4 Å². The monoisotopic (exact) mass is 643 g/mol. The fourth-order valence-corrected chi connectivity index (χ4v) is 5.89. The molecule has 0 saturated heterocycles. The number of amides is 2. The van der Waals surface area contributed by atoms with E-state index in [1.54, 1.807) is 51.1 Å². The smallest absolute Gasteiger partial charge is 0.350 e. The largest absolute Gasteiger partial charge is 0.417 e. The highest BCUT2D eigenvalue weighted by Gasteiger charge is 2.37. The minimum atomic E-state index is -4.89. The van der Waals surface area contributed by atoms with Crippen molar-refractivity contribution in [2.24, 2.45) is 0 Å². The first-order valence-electron chi connectivity index (χ1n) is 12.7. The molecule has 0 bridgehead atoms. The van der Waals surface area contributed by atoms with Gasteiger partial charge in [-0.3, -0.25) is 13.9 Å². The predicted molar refractivity (Wildman–Crippen MR) is 157 cm³/mol. The van der Waals surface area contributed by atoms with Crippen molar-refractivity contribution in [3.8, 4) is 0 Å². The number of benzene rings is 3. The van der Waals surface area contributed by atoms with Crippen molar-refractivity contribution in [2.75, 3.05) is 10.8 Å². The molecule has 7 nitrogen and oxygen atoms in total. The summed E-state index contributed by atoms with van der Waals surface area (Å²) in [5, 5.41) is 2.53. The Morgan fingerprint density at radius 3 is 2.14 bits per heavy atom. The van der Waals surface area contributed by atoms with Crippen molar-refractivity contribution in [3.63, 3.8) is 0 Å². The topological polar surface area (TPSA) is 86.8 Å². The number of hydrogen-bond donors (Lipinski definition) is 1. The molecule has 3 aromatic carbocycles. The van der Waals surface area contributed by atoms with Crippen LogP contribution in [0.4, 0.5) is 18.9 Å². The summed E-state index contributed by atoms with van der Waals surface area (Å²) >= 11 is 11.9. The number of rotatable bonds is 9. The van der Waals surface area contributed by atoms with Crippen LogP contribution in [0.25, 0.3) is 0 Å². The molecule has 2 amide bonds. The third-order valence-corrected chi connectivity index (χ3v) is 8.41. The summed E-state index contributed by atoms with van der Waals surface area (Å²) in [7, 11) is -4.56. The molecule has 0 fully saturated rings. The molecule has 3 aromatic rings. The Balaban J connectivity index is 2.12. The fraction of sp³-hybridized carbons (Fsp3) is 0.310. The third-order valence-electron chi connectivity index (χ3n) is 6.06. The molecule has 0 aliphatic heterocycles. The van der Waals surface area contributed by atoms with E-state index in [0.717, 1.165) is 17.0 Å². The van der Waals surface area contributed by atoms with Gasteiger partial charge in [-0.2, -0.15) is 13.2 Å². The maximum absolute atomic E-state index is 13.9. The summed E-state index contributed by atoms with van der Waals surface area (Å²) < 4.78 is 69.3. The van der Waals surface area contributed by atoms with E-state index in [1.165, 1.54) is 31.2 Å². The van der Waals surface area contributed by atoms with Gasteiger partial charge in [0.15, 0.2) is 0 Å². The van der Waals surface area contributed by atoms with Gasteiger partial charge in [0.25, 0.3) is 10.0 Å². The van der Waals surface area contributed by atoms with E-state index >= 15 is 0 Å². The van der Waals surface area contributed by atoms with Crippen molar-refractivity contribution in [3.05, 3.63) is 94.0 Å². The van der Waals surface area contributed by atoms with Crippen LogP contribution in [0.5, 0.6) is 0 Å². The second kappa shape index (κ2) is 12.9. The molecule has 0 aliphatic carbocycles. The number of nitrogens with zero attached hydrogens (tertiary/aromatic N) is 2. The number of alkyl halides is 3. The van der Waals surface area contributed by atoms with Crippen LogP contribution in [0, 0.1) is 0 Å². The molecular weight excluding hydrogens is 614 g/mol. The van der Waals surface area contributed by atoms with E-state index in [9.17, 15) is 31.2 Å². The maximum atomic E-state index is 13.9. The second-order valence-electron chi connectivity index (χ2n) is 10.6. The minimum Gasteiger partial charge on any atom is -0.350 e. The molecule has 0 aromatic heterocycles. The number of anilines is 1. The lowest BCUT2D eigenvalue weighted by molar-refractivity contribution is -0.140. The van der Waals surface area contributed by atoms with Crippen LogP contribution in [0.2, 0.25) is 10.0 Å². The highest BCUT2D eigenvalue weighted by Crippen LogP contribution is 2.38. The SMILES string of the molecule is C[C@@H](C(=O)NC(C)(C)C)N(Cc1cccc(Cl)c1)C(=O)CN(c1ccc(Cl)c(C(F)(F)F)c1)S(=O)(=O)c1ccccc1. The Labute approximate surface area is 253 Å². The number of sulfonamides is 1. The summed E-state index contributed by atoms with van der Waals surface area (Å²) in [6.07, 6.45) is -4.89. The molecule has 42 heavy (non-hydrogen) atoms. The van der Waals surface area contributed by atoms with E-state index in [4.69, 9.17) is 23.2 Å². The molecule has 0 spiro atoms. The fourth-order valence-electron chi connectivity index (χ4n) is 4.02. The molecule has 0 saturated carbocycles. The highest BCUT2D eigenvalue weighted by atomic mass is 35.5. The molecule has 1 N–H and O–H groups in total. The molecule has 1 atom stereocenters. The average molecular weight is 645 g/mol. The van der Waals surface area contributed by atoms with Crippen LogP contribution < -0.4 is 9.62 Å². The summed E-state index contributed by atoms with van der Waals surface area (Å²) in [6, 6.07) is 15.0. The van der Waals surface area contributed by atoms with Crippen LogP contribution in [0.15, 0.2) is 77.7 Å². The Kier molecular flexibility index (Phi) is 10.2. The molecular formula is C29H30Cl2F3N3O4S. The first-order valence-corrected chi connectivity index (χ1v) is 14.9. The van der Waals surface area contributed by atoms with Crippen molar-refractivity contribution < 1.29 is 31.2 Å². The highest BCUT2D eigenvalue weighted by molar-refractivity contribution is 7.92. The summed E-state index contributed by atoms with van der Waals surface area (Å²) in [4.78, 5) is 27.9. The standard InChI is InChI=1S/C29H30Cl2F3N3O4S/c1-19(27(39)35-28(2,3)4)36(17-20-9-8-10-21(30)15-20)26(38)18-37(42(40,41)23-11-6-5-7-12-23)22-13-14-25(31)24(16-22)29(32,33)34/h5-16,19H,17-18H2,1-4H3,(H,35,39)/t19-/m0/s1. The second-order valence-corrected chi connectivity index (χ2v) is 13.3. The molecule has 0 unspecified atom stereocenters. The zero-order chi connectivity index (χ0) is 31.5. The Morgan fingerprint density at radius 2 is 1.57 bits per heavy atom. The van der Waals surface area contributed by atoms with Crippen molar-refractivity contribution >= 4 is 50.7 Å². The van der Waals surface area contributed by atoms with Gasteiger partial charge in [0.1, 0.15) is 12.6 Å². The lowest BCUT2D eigenvalue weighted by Gasteiger charge is -2.33. The number of nitrogens with one attached hydrogen (secondary N) is 1. The third kappa shape index (κ3) is 8.39. The number of hydrogen-bond acceptors (Lipinski definition) is 4. The summed E-state index contributed by atoms with van der Waals surface area (Å²) in [5.74, 6) is -1.35. The van der Waals surface area contributed by atoms with Gasteiger partial charge in [-0.1, -0.05) is 53.5 Å². The van der Waals surface area contributed by atoms with Crippen LogP contribution >= 0.6 is 23.2 Å².